The maximum absolute atomic E-state index is 12.2. The number of rotatable bonds is 6. The molecular formula is C13H23NO3S. The molecular weight excluding hydrogens is 250 g/mol. The molecule has 4 nitrogen and oxygen atoms in total. The summed E-state index contributed by atoms with van der Waals surface area (Å²) in [6, 6.07) is 0. The molecule has 1 heterocycles. The highest BCUT2D eigenvalue weighted by molar-refractivity contribution is 8.00. The van der Waals surface area contributed by atoms with Crippen molar-refractivity contribution in [3.8, 4) is 0 Å². The molecule has 5 heteroatoms. The summed E-state index contributed by atoms with van der Waals surface area (Å²) in [7, 11) is 0. The highest BCUT2D eigenvalue weighted by atomic mass is 32.2. The Morgan fingerprint density at radius 2 is 2.22 bits per heavy atom. The quantitative estimate of drug-likeness (QED) is 0.754. The van der Waals surface area contributed by atoms with Gasteiger partial charge in [0.15, 0.2) is 0 Å². The number of nitrogens with zero attached hydrogens (tertiary/aromatic N) is 1. The van der Waals surface area contributed by atoms with E-state index in [4.69, 9.17) is 5.11 Å². The topological polar surface area (TPSA) is 57.6 Å². The molecule has 0 bridgehead atoms. The summed E-state index contributed by atoms with van der Waals surface area (Å²) in [5.74, 6) is -0.0593. The van der Waals surface area contributed by atoms with Gasteiger partial charge in [0.1, 0.15) is 0 Å². The summed E-state index contributed by atoms with van der Waals surface area (Å²) >= 11 is 1.67. The van der Waals surface area contributed by atoms with E-state index in [1.807, 2.05) is 6.92 Å². The molecule has 18 heavy (non-hydrogen) atoms. The number of carbonyl (C=O) groups is 2. The summed E-state index contributed by atoms with van der Waals surface area (Å²) in [6.45, 7) is 5.15. The lowest BCUT2D eigenvalue weighted by atomic mass is 9.98. The normalized spacial score (nSPS) is 21.7. The van der Waals surface area contributed by atoms with Gasteiger partial charge in [0.25, 0.3) is 0 Å². The van der Waals surface area contributed by atoms with E-state index in [2.05, 4.69) is 6.92 Å². The van der Waals surface area contributed by atoms with Crippen LogP contribution >= 0.6 is 11.8 Å². The molecule has 0 radical (unpaired) electrons. The molecule has 0 aromatic heterocycles. The van der Waals surface area contributed by atoms with Gasteiger partial charge in [-0.25, -0.2) is 0 Å². The molecule has 0 aliphatic carbocycles. The van der Waals surface area contributed by atoms with Crippen LogP contribution in [-0.4, -0.2) is 46.0 Å². The summed E-state index contributed by atoms with van der Waals surface area (Å²) in [5.41, 5.74) is 0. The van der Waals surface area contributed by atoms with Crippen molar-refractivity contribution in [3.63, 3.8) is 0 Å². The molecule has 2 atom stereocenters. The smallest absolute Gasteiger partial charge is 0.308 e. The van der Waals surface area contributed by atoms with Crippen molar-refractivity contribution in [2.45, 2.75) is 44.8 Å². The van der Waals surface area contributed by atoms with E-state index in [-0.39, 0.29) is 17.1 Å². The molecule has 1 aliphatic rings. The fourth-order valence-corrected chi connectivity index (χ4v) is 3.21. The average Bonchev–Trinajstić information content (AvgIpc) is 2.38. The minimum atomic E-state index is -0.779. The van der Waals surface area contributed by atoms with Gasteiger partial charge in [0.2, 0.25) is 5.91 Å². The molecule has 1 rings (SSSR count). The van der Waals surface area contributed by atoms with E-state index in [9.17, 15) is 9.59 Å². The van der Waals surface area contributed by atoms with Crippen molar-refractivity contribution in [1.82, 2.24) is 4.90 Å². The Morgan fingerprint density at radius 3 is 2.83 bits per heavy atom. The summed E-state index contributed by atoms with van der Waals surface area (Å²) in [5, 5.41) is 8.95. The van der Waals surface area contributed by atoms with Crippen LogP contribution in [0.25, 0.3) is 0 Å². The fraction of sp³-hybridized carbons (Fsp3) is 0.846. The van der Waals surface area contributed by atoms with Gasteiger partial charge in [-0.15, -0.1) is 11.8 Å². The van der Waals surface area contributed by atoms with Gasteiger partial charge in [0, 0.05) is 13.1 Å². The van der Waals surface area contributed by atoms with Crippen molar-refractivity contribution in [2.24, 2.45) is 5.92 Å². The molecule has 1 saturated heterocycles. The zero-order valence-corrected chi connectivity index (χ0v) is 12.0. The second-order valence-electron chi connectivity index (χ2n) is 4.83. The van der Waals surface area contributed by atoms with Crippen molar-refractivity contribution >= 4 is 23.6 Å². The molecule has 1 aliphatic heterocycles. The third-order valence-corrected chi connectivity index (χ3v) is 4.52. The standard InChI is InChI=1S/C13H23NO3S/c1-3-4-8-18-10(2)12(15)14-7-5-6-11(9-14)13(16)17/h10-11H,3-9H2,1-2H3,(H,16,17)/t10?,11-/m0/s1. The molecule has 0 aromatic rings. The SMILES string of the molecule is CCCCSC(C)C(=O)N1CCC[C@H](C(=O)O)C1. The van der Waals surface area contributed by atoms with Crippen LogP contribution in [0.3, 0.4) is 0 Å². The maximum Gasteiger partial charge on any atom is 0.308 e. The molecule has 0 saturated carbocycles. The Kier molecular flexibility index (Phi) is 6.54. The summed E-state index contributed by atoms with van der Waals surface area (Å²) < 4.78 is 0. The van der Waals surface area contributed by atoms with Crippen LogP contribution in [0.15, 0.2) is 0 Å². The number of hydrogen-bond donors (Lipinski definition) is 1. The van der Waals surface area contributed by atoms with Crippen molar-refractivity contribution < 1.29 is 14.7 Å². The lowest BCUT2D eigenvalue weighted by Gasteiger charge is -2.32. The number of aliphatic carboxylic acids is 1. The first-order valence-corrected chi connectivity index (χ1v) is 7.74. The number of carbonyl (C=O) groups excluding carboxylic acids is 1. The third kappa shape index (κ3) is 4.52. The van der Waals surface area contributed by atoms with Gasteiger partial charge in [-0.3, -0.25) is 9.59 Å². The Labute approximate surface area is 113 Å². The van der Waals surface area contributed by atoms with Crippen molar-refractivity contribution in [3.05, 3.63) is 0 Å². The highest BCUT2D eigenvalue weighted by Crippen LogP contribution is 2.21. The number of carboxylic acids is 1. The molecule has 0 spiro atoms. The van der Waals surface area contributed by atoms with E-state index in [0.29, 0.717) is 19.5 Å². The first-order valence-electron chi connectivity index (χ1n) is 6.69. The Morgan fingerprint density at radius 1 is 1.50 bits per heavy atom. The average molecular weight is 273 g/mol. The first-order chi connectivity index (χ1) is 8.56. The van der Waals surface area contributed by atoms with Crippen LogP contribution in [0, 0.1) is 5.92 Å². The Bertz CT molecular complexity index is 296. The van der Waals surface area contributed by atoms with Crippen LogP contribution in [0.5, 0.6) is 0 Å². The minimum absolute atomic E-state index is 0.0518. The predicted molar refractivity (Wildman–Crippen MR) is 73.8 cm³/mol. The van der Waals surface area contributed by atoms with Crippen LogP contribution in [0.2, 0.25) is 0 Å². The molecule has 104 valence electrons. The second-order valence-corrected chi connectivity index (χ2v) is 6.28. The molecule has 1 unspecified atom stereocenters. The van der Waals surface area contributed by atoms with Gasteiger partial charge in [-0.05, 0) is 31.9 Å². The molecule has 1 amide bonds. The van der Waals surface area contributed by atoms with Gasteiger partial charge in [-0.1, -0.05) is 13.3 Å². The van der Waals surface area contributed by atoms with Crippen molar-refractivity contribution in [1.29, 1.82) is 0 Å². The number of thioether (sulfide) groups is 1. The van der Waals surface area contributed by atoms with Crippen LogP contribution < -0.4 is 0 Å². The highest BCUT2D eigenvalue weighted by Gasteiger charge is 2.30. The summed E-state index contributed by atoms with van der Waals surface area (Å²) in [6.07, 6.45) is 3.75. The number of piperidine rings is 1. The number of carboxylic acid groups (broad SMARTS) is 1. The Hall–Kier alpha value is -0.710. The zero-order valence-electron chi connectivity index (χ0n) is 11.2. The van der Waals surface area contributed by atoms with E-state index in [1.54, 1.807) is 16.7 Å². The second kappa shape index (κ2) is 7.67. The number of unbranched alkanes of at least 4 members (excludes halogenated alkanes) is 1. The molecule has 0 aromatic carbocycles. The number of hydrogen-bond acceptors (Lipinski definition) is 3. The largest absolute Gasteiger partial charge is 0.481 e. The van der Waals surface area contributed by atoms with Crippen LogP contribution in [-0.2, 0) is 9.59 Å². The third-order valence-electron chi connectivity index (χ3n) is 3.30. The fourth-order valence-electron chi connectivity index (χ4n) is 2.11. The predicted octanol–water partition coefficient (Wildman–Crippen LogP) is 2.23. The van der Waals surface area contributed by atoms with Crippen LogP contribution in [0.4, 0.5) is 0 Å². The van der Waals surface area contributed by atoms with Gasteiger partial charge in [0.05, 0.1) is 11.2 Å². The van der Waals surface area contributed by atoms with Gasteiger partial charge >= 0.3 is 5.97 Å². The van der Waals surface area contributed by atoms with Gasteiger partial charge < -0.3 is 10.0 Å². The minimum Gasteiger partial charge on any atom is -0.481 e. The number of likely N-dealkylation sites (tertiary alicyclic amines) is 1. The van der Waals surface area contributed by atoms with Crippen molar-refractivity contribution in [2.75, 3.05) is 18.8 Å². The van der Waals surface area contributed by atoms with E-state index in [0.717, 1.165) is 25.0 Å². The first kappa shape index (κ1) is 15.3. The lowest BCUT2D eigenvalue weighted by molar-refractivity contribution is -0.145. The molecule has 1 fully saturated rings. The lowest BCUT2D eigenvalue weighted by Crippen LogP contribution is -2.45. The van der Waals surface area contributed by atoms with E-state index in [1.165, 1.54) is 0 Å². The van der Waals surface area contributed by atoms with E-state index < -0.39 is 5.97 Å². The monoisotopic (exact) mass is 273 g/mol. The Balaban J connectivity index is 2.42. The number of amides is 1. The maximum atomic E-state index is 12.2. The molecule has 1 N–H and O–H groups in total. The zero-order chi connectivity index (χ0) is 13.5. The van der Waals surface area contributed by atoms with E-state index >= 15 is 0 Å². The van der Waals surface area contributed by atoms with Crippen LogP contribution in [0.1, 0.15) is 39.5 Å². The summed E-state index contributed by atoms with van der Waals surface area (Å²) in [4.78, 5) is 24.9. The van der Waals surface area contributed by atoms with Gasteiger partial charge in [-0.2, -0.15) is 0 Å².